The molecule has 0 radical (unpaired) electrons. The van der Waals surface area contributed by atoms with E-state index in [0.29, 0.717) is 17.7 Å². The van der Waals surface area contributed by atoms with E-state index in [1.165, 1.54) is 28.9 Å². The summed E-state index contributed by atoms with van der Waals surface area (Å²) in [6, 6.07) is 13.1. The van der Waals surface area contributed by atoms with Crippen molar-refractivity contribution in [1.82, 2.24) is 4.90 Å². The van der Waals surface area contributed by atoms with Crippen LogP contribution in [-0.2, 0) is 17.6 Å². The number of benzene rings is 2. The van der Waals surface area contributed by atoms with Gasteiger partial charge in [0, 0.05) is 25.3 Å². The van der Waals surface area contributed by atoms with Gasteiger partial charge in [-0.25, -0.2) is 0 Å². The van der Waals surface area contributed by atoms with Gasteiger partial charge in [0.2, 0.25) is 0 Å². The third-order valence-corrected chi connectivity index (χ3v) is 5.07. The van der Waals surface area contributed by atoms with Gasteiger partial charge in [-0.1, -0.05) is 13.0 Å². The Hall–Kier alpha value is -2.82. The summed E-state index contributed by atoms with van der Waals surface area (Å²) in [6.07, 6.45) is 4.66. The van der Waals surface area contributed by atoms with E-state index in [4.69, 9.17) is 4.74 Å². The Bertz CT molecular complexity index is 843. The van der Waals surface area contributed by atoms with Crippen molar-refractivity contribution in [2.45, 2.75) is 45.1 Å². The summed E-state index contributed by atoms with van der Waals surface area (Å²) < 4.78 is 5.98. The summed E-state index contributed by atoms with van der Waals surface area (Å²) >= 11 is 0. The number of hydrogen-bond donors (Lipinski definition) is 1. The zero-order chi connectivity index (χ0) is 20.1. The van der Waals surface area contributed by atoms with Gasteiger partial charge in [0.1, 0.15) is 5.75 Å². The molecule has 1 aliphatic rings. The van der Waals surface area contributed by atoms with Crippen molar-refractivity contribution in [3.05, 3.63) is 59.2 Å². The summed E-state index contributed by atoms with van der Waals surface area (Å²) in [5, 5.41) is 2.88. The standard InChI is InChI=1S/C23H28N2O3/c1-4-21(28-20-14-11-16-7-5-6-8-18(16)15-20)22(26)24-19-12-9-17(10-13-19)23(27)25(2)3/h9-15,21H,4-8H2,1-3H3,(H,24,26)/t21-/m1/s1. The molecule has 1 N–H and O–H groups in total. The second-order valence-corrected chi connectivity index (χ2v) is 7.42. The minimum atomic E-state index is -0.565. The molecule has 0 saturated heterocycles. The minimum absolute atomic E-state index is 0.0694. The van der Waals surface area contributed by atoms with Crippen molar-refractivity contribution < 1.29 is 14.3 Å². The molecule has 0 fully saturated rings. The molecule has 0 aromatic heterocycles. The van der Waals surface area contributed by atoms with Crippen LogP contribution in [0, 0.1) is 0 Å². The minimum Gasteiger partial charge on any atom is -0.481 e. The van der Waals surface area contributed by atoms with Gasteiger partial charge in [-0.3, -0.25) is 9.59 Å². The maximum Gasteiger partial charge on any atom is 0.265 e. The van der Waals surface area contributed by atoms with Gasteiger partial charge < -0.3 is 15.0 Å². The molecule has 28 heavy (non-hydrogen) atoms. The molecule has 0 spiro atoms. The van der Waals surface area contributed by atoms with E-state index in [1.54, 1.807) is 38.4 Å². The zero-order valence-corrected chi connectivity index (χ0v) is 16.8. The molecule has 0 saturated carbocycles. The predicted octanol–water partition coefficient (Wildman–Crippen LogP) is 4.06. The topological polar surface area (TPSA) is 58.6 Å². The fraction of sp³-hybridized carbons (Fsp3) is 0.391. The maximum absolute atomic E-state index is 12.7. The van der Waals surface area contributed by atoms with Crippen LogP contribution in [0.3, 0.4) is 0 Å². The van der Waals surface area contributed by atoms with Gasteiger partial charge in [0.05, 0.1) is 0 Å². The van der Waals surface area contributed by atoms with Gasteiger partial charge in [0.25, 0.3) is 11.8 Å². The molecule has 1 aliphatic carbocycles. The van der Waals surface area contributed by atoms with E-state index in [9.17, 15) is 9.59 Å². The summed E-state index contributed by atoms with van der Waals surface area (Å²) in [7, 11) is 3.42. The molecule has 2 amide bonds. The summed E-state index contributed by atoms with van der Waals surface area (Å²) in [4.78, 5) is 26.1. The van der Waals surface area contributed by atoms with Crippen LogP contribution in [0.25, 0.3) is 0 Å². The molecule has 2 aromatic carbocycles. The summed E-state index contributed by atoms with van der Waals surface area (Å²) in [6.45, 7) is 1.93. The number of amides is 2. The van der Waals surface area contributed by atoms with E-state index in [0.717, 1.165) is 18.6 Å². The number of carbonyl (C=O) groups excluding carboxylic acids is 2. The first-order valence-corrected chi connectivity index (χ1v) is 9.89. The molecule has 0 unspecified atom stereocenters. The number of aryl methyl sites for hydroxylation is 2. The Morgan fingerprint density at radius 2 is 1.71 bits per heavy atom. The highest BCUT2D eigenvalue weighted by atomic mass is 16.5. The van der Waals surface area contributed by atoms with Crippen LogP contribution in [0.2, 0.25) is 0 Å². The lowest BCUT2D eigenvalue weighted by atomic mass is 9.92. The number of fused-ring (bicyclic) bond motifs is 1. The van der Waals surface area contributed by atoms with Crippen molar-refractivity contribution in [1.29, 1.82) is 0 Å². The molecule has 0 bridgehead atoms. The molecule has 3 rings (SSSR count). The van der Waals surface area contributed by atoms with Gasteiger partial charge in [0.15, 0.2) is 6.10 Å². The largest absolute Gasteiger partial charge is 0.481 e. The summed E-state index contributed by atoms with van der Waals surface area (Å²) in [5.41, 5.74) is 3.96. The van der Waals surface area contributed by atoms with Crippen molar-refractivity contribution in [2.75, 3.05) is 19.4 Å². The highest BCUT2D eigenvalue weighted by Gasteiger charge is 2.20. The van der Waals surface area contributed by atoms with E-state index in [1.807, 2.05) is 13.0 Å². The maximum atomic E-state index is 12.7. The van der Waals surface area contributed by atoms with Crippen LogP contribution in [0.4, 0.5) is 5.69 Å². The van der Waals surface area contributed by atoms with E-state index in [2.05, 4.69) is 17.4 Å². The predicted molar refractivity (Wildman–Crippen MR) is 111 cm³/mol. The highest BCUT2D eigenvalue weighted by molar-refractivity contribution is 5.96. The van der Waals surface area contributed by atoms with Crippen molar-refractivity contribution in [3.63, 3.8) is 0 Å². The van der Waals surface area contributed by atoms with Crippen LogP contribution in [0.1, 0.15) is 47.7 Å². The number of carbonyl (C=O) groups is 2. The molecule has 148 valence electrons. The third kappa shape index (κ3) is 4.71. The Morgan fingerprint density at radius 3 is 2.36 bits per heavy atom. The fourth-order valence-electron chi connectivity index (χ4n) is 3.45. The number of ether oxygens (including phenoxy) is 1. The zero-order valence-electron chi connectivity index (χ0n) is 16.8. The molecule has 1 atom stereocenters. The summed E-state index contributed by atoms with van der Waals surface area (Å²) in [5.74, 6) is 0.488. The van der Waals surface area contributed by atoms with Gasteiger partial charge >= 0.3 is 0 Å². The normalized spacial score (nSPS) is 14.0. The van der Waals surface area contributed by atoms with Crippen LogP contribution >= 0.6 is 0 Å². The van der Waals surface area contributed by atoms with E-state index in [-0.39, 0.29) is 11.8 Å². The lowest BCUT2D eigenvalue weighted by Gasteiger charge is -2.20. The van der Waals surface area contributed by atoms with Gasteiger partial charge in [-0.05, 0) is 79.6 Å². The van der Waals surface area contributed by atoms with Crippen LogP contribution in [0.5, 0.6) is 5.75 Å². The lowest BCUT2D eigenvalue weighted by Crippen LogP contribution is -2.32. The molecular weight excluding hydrogens is 352 g/mol. The second kappa shape index (κ2) is 8.91. The monoisotopic (exact) mass is 380 g/mol. The Balaban J connectivity index is 1.64. The molecule has 2 aromatic rings. The number of hydrogen-bond acceptors (Lipinski definition) is 3. The fourth-order valence-corrected chi connectivity index (χ4v) is 3.45. The first-order valence-electron chi connectivity index (χ1n) is 9.89. The highest BCUT2D eigenvalue weighted by Crippen LogP contribution is 2.26. The average molecular weight is 380 g/mol. The molecule has 0 aliphatic heterocycles. The molecule has 0 heterocycles. The Kier molecular flexibility index (Phi) is 6.34. The van der Waals surface area contributed by atoms with Gasteiger partial charge in [-0.2, -0.15) is 0 Å². The van der Waals surface area contributed by atoms with Crippen molar-refractivity contribution in [3.8, 4) is 5.75 Å². The first kappa shape index (κ1) is 19.9. The van der Waals surface area contributed by atoms with Crippen LogP contribution < -0.4 is 10.1 Å². The van der Waals surface area contributed by atoms with Gasteiger partial charge in [-0.15, -0.1) is 0 Å². The first-order chi connectivity index (χ1) is 13.5. The average Bonchev–Trinajstić information content (AvgIpc) is 2.71. The Morgan fingerprint density at radius 1 is 1.04 bits per heavy atom. The third-order valence-electron chi connectivity index (χ3n) is 5.07. The number of nitrogens with zero attached hydrogens (tertiary/aromatic N) is 1. The van der Waals surface area contributed by atoms with E-state index >= 15 is 0 Å². The van der Waals surface area contributed by atoms with Crippen molar-refractivity contribution in [2.24, 2.45) is 0 Å². The number of anilines is 1. The molecule has 5 nitrogen and oxygen atoms in total. The van der Waals surface area contributed by atoms with Crippen LogP contribution in [-0.4, -0.2) is 36.9 Å². The van der Waals surface area contributed by atoms with E-state index < -0.39 is 6.10 Å². The van der Waals surface area contributed by atoms with Crippen molar-refractivity contribution >= 4 is 17.5 Å². The smallest absolute Gasteiger partial charge is 0.265 e. The lowest BCUT2D eigenvalue weighted by molar-refractivity contribution is -0.122. The number of rotatable bonds is 6. The number of nitrogens with one attached hydrogen (secondary N) is 1. The Labute approximate surface area is 166 Å². The molecular formula is C23H28N2O3. The quantitative estimate of drug-likeness (QED) is 0.822. The van der Waals surface area contributed by atoms with Crippen LogP contribution in [0.15, 0.2) is 42.5 Å². The molecule has 5 heteroatoms. The SMILES string of the molecule is CC[C@@H](Oc1ccc2c(c1)CCCC2)C(=O)Nc1ccc(C(=O)N(C)C)cc1. The second-order valence-electron chi connectivity index (χ2n) is 7.42.